The number of nitrogens with two attached hydrogens (primary N) is 1. The molecule has 0 radical (unpaired) electrons. The lowest BCUT2D eigenvalue weighted by Gasteiger charge is -2.33. The van der Waals surface area contributed by atoms with Crippen LogP contribution in [0.1, 0.15) is 13.3 Å². The summed E-state index contributed by atoms with van der Waals surface area (Å²) in [6.07, 6.45) is 2.92. The second-order valence-electron chi connectivity index (χ2n) is 3.86. The SMILES string of the molecule is CCC1CN(c2nc(NN)ncc2Br)CCS1. The van der Waals surface area contributed by atoms with Gasteiger partial charge in [0, 0.05) is 30.3 Å². The molecule has 0 aromatic carbocycles. The maximum absolute atomic E-state index is 5.34. The first-order chi connectivity index (χ1) is 8.24. The number of nitrogen functional groups attached to an aromatic ring is 1. The van der Waals surface area contributed by atoms with Gasteiger partial charge in [0.1, 0.15) is 5.82 Å². The van der Waals surface area contributed by atoms with Crippen LogP contribution in [0.15, 0.2) is 10.7 Å². The molecule has 7 heteroatoms. The van der Waals surface area contributed by atoms with Crippen molar-refractivity contribution in [1.29, 1.82) is 0 Å². The Labute approximate surface area is 114 Å². The molecule has 1 aliphatic rings. The molecule has 1 unspecified atom stereocenters. The third-order valence-electron chi connectivity index (χ3n) is 2.75. The third-order valence-corrected chi connectivity index (χ3v) is 4.68. The fourth-order valence-corrected chi connectivity index (χ4v) is 3.43. The summed E-state index contributed by atoms with van der Waals surface area (Å²) in [5.74, 6) is 7.85. The molecular weight excluding hydrogens is 302 g/mol. The highest BCUT2D eigenvalue weighted by Crippen LogP contribution is 2.29. The molecule has 5 nitrogen and oxygen atoms in total. The second-order valence-corrected chi connectivity index (χ2v) is 6.12. The first-order valence-electron chi connectivity index (χ1n) is 5.60. The van der Waals surface area contributed by atoms with Gasteiger partial charge in [-0.3, -0.25) is 5.43 Å². The molecule has 94 valence electrons. The van der Waals surface area contributed by atoms with Gasteiger partial charge in [0.25, 0.3) is 0 Å². The predicted octanol–water partition coefficient (Wildman–Crippen LogP) is 1.86. The van der Waals surface area contributed by atoms with Gasteiger partial charge in [-0.25, -0.2) is 10.8 Å². The molecule has 17 heavy (non-hydrogen) atoms. The Morgan fingerprint density at radius 2 is 2.53 bits per heavy atom. The predicted molar refractivity (Wildman–Crippen MR) is 76.3 cm³/mol. The van der Waals surface area contributed by atoms with E-state index < -0.39 is 0 Å². The highest BCUT2D eigenvalue weighted by molar-refractivity contribution is 9.10. The van der Waals surface area contributed by atoms with E-state index in [1.165, 1.54) is 6.42 Å². The van der Waals surface area contributed by atoms with Gasteiger partial charge in [0.2, 0.25) is 5.95 Å². The normalized spacial score (nSPS) is 20.4. The molecule has 1 fully saturated rings. The monoisotopic (exact) mass is 317 g/mol. The number of aromatic nitrogens is 2. The first kappa shape index (κ1) is 12.9. The quantitative estimate of drug-likeness (QED) is 0.655. The van der Waals surface area contributed by atoms with Gasteiger partial charge in [0.15, 0.2) is 0 Å². The van der Waals surface area contributed by atoms with E-state index in [1.54, 1.807) is 6.20 Å². The van der Waals surface area contributed by atoms with Crippen LogP contribution in [0.2, 0.25) is 0 Å². The number of hydrazine groups is 1. The first-order valence-corrected chi connectivity index (χ1v) is 7.44. The number of hydrogen-bond acceptors (Lipinski definition) is 6. The van der Waals surface area contributed by atoms with E-state index in [2.05, 4.69) is 43.1 Å². The van der Waals surface area contributed by atoms with Crippen LogP contribution in [-0.4, -0.2) is 34.1 Å². The van der Waals surface area contributed by atoms with Crippen molar-refractivity contribution in [3.05, 3.63) is 10.7 Å². The van der Waals surface area contributed by atoms with Crippen LogP contribution in [0.3, 0.4) is 0 Å². The fourth-order valence-electron chi connectivity index (χ4n) is 1.81. The summed E-state index contributed by atoms with van der Waals surface area (Å²) in [5.41, 5.74) is 2.48. The van der Waals surface area contributed by atoms with E-state index >= 15 is 0 Å². The van der Waals surface area contributed by atoms with Crippen molar-refractivity contribution >= 4 is 39.5 Å². The maximum Gasteiger partial charge on any atom is 0.239 e. The standard InChI is InChI=1S/C10H16BrN5S/c1-2-7-6-16(3-4-17-7)9-8(11)5-13-10(14-9)15-12/h5,7H,2-4,6,12H2,1H3,(H,13,14,15). The molecule has 2 rings (SSSR count). The fraction of sp³-hybridized carbons (Fsp3) is 0.600. The number of halogens is 1. The average molecular weight is 318 g/mol. The number of rotatable bonds is 3. The van der Waals surface area contributed by atoms with Crippen molar-refractivity contribution in [2.24, 2.45) is 5.84 Å². The zero-order valence-corrected chi connectivity index (χ0v) is 12.1. The summed E-state index contributed by atoms with van der Waals surface area (Å²) in [6.45, 7) is 4.27. The summed E-state index contributed by atoms with van der Waals surface area (Å²) in [5, 5.41) is 0.680. The molecule has 1 aromatic heterocycles. The molecular formula is C10H16BrN5S. The number of nitrogens with zero attached hydrogens (tertiary/aromatic N) is 3. The molecule has 0 saturated carbocycles. The van der Waals surface area contributed by atoms with Gasteiger partial charge in [-0.2, -0.15) is 16.7 Å². The smallest absolute Gasteiger partial charge is 0.239 e. The van der Waals surface area contributed by atoms with Gasteiger partial charge in [-0.05, 0) is 22.4 Å². The van der Waals surface area contributed by atoms with Crippen molar-refractivity contribution < 1.29 is 0 Å². The lowest BCUT2D eigenvalue weighted by atomic mass is 10.3. The van der Waals surface area contributed by atoms with Gasteiger partial charge < -0.3 is 4.90 Å². The van der Waals surface area contributed by atoms with Crippen LogP contribution in [0.5, 0.6) is 0 Å². The van der Waals surface area contributed by atoms with Crippen LogP contribution in [0.25, 0.3) is 0 Å². The summed E-state index contributed by atoms with van der Waals surface area (Å²) in [4.78, 5) is 10.8. The van der Waals surface area contributed by atoms with Crippen LogP contribution < -0.4 is 16.2 Å². The van der Waals surface area contributed by atoms with Crippen molar-refractivity contribution in [3.8, 4) is 0 Å². The van der Waals surface area contributed by atoms with Crippen LogP contribution in [0, 0.1) is 0 Å². The van der Waals surface area contributed by atoms with Crippen molar-refractivity contribution in [2.45, 2.75) is 18.6 Å². The third kappa shape index (κ3) is 3.02. The summed E-state index contributed by atoms with van der Waals surface area (Å²) < 4.78 is 0.915. The Hall–Kier alpha value is -0.530. The van der Waals surface area contributed by atoms with Gasteiger partial charge >= 0.3 is 0 Å². The molecule has 1 saturated heterocycles. The number of hydrogen-bond donors (Lipinski definition) is 2. The van der Waals surface area contributed by atoms with E-state index in [9.17, 15) is 0 Å². The average Bonchev–Trinajstić information content (AvgIpc) is 2.39. The van der Waals surface area contributed by atoms with E-state index in [0.717, 1.165) is 29.1 Å². The van der Waals surface area contributed by atoms with E-state index in [-0.39, 0.29) is 0 Å². The zero-order valence-electron chi connectivity index (χ0n) is 9.69. The number of thioether (sulfide) groups is 1. The number of anilines is 2. The zero-order chi connectivity index (χ0) is 12.3. The number of nitrogens with one attached hydrogen (secondary N) is 1. The molecule has 1 aromatic rings. The summed E-state index contributed by atoms with van der Waals surface area (Å²) in [7, 11) is 0. The Morgan fingerprint density at radius 1 is 1.71 bits per heavy atom. The van der Waals surface area contributed by atoms with Gasteiger partial charge in [-0.1, -0.05) is 6.92 Å². The molecule has 3 N–H and O–H groups in total. The van der Waals surface area contributed by atoms with Crippen LogP contribution in [-0.2, 0) is 0 Å². The van der Waals surface area contributed by atoms with Crippen molar-refractivity contribution in [2.75, 3.05) is 29.2 Å². The summed E-state index contributed by atoms with van der Waals surface area (Å²) >= 11 is 5.53. The highest BCUT2D eigenvalue weighted by atomic mass is 79.9. The Morgan fingerprint density at radius 3 is 3.24 bits per heavy atom. The van der Waals surface area contributed by atoms with Crippen molar-refractivity contribution in [1.82, 2.24) is 9.97 Å². The van der Waals surface area contributed by atoms with Crippen LogP contribution >= 0.6 is 27.7 Å². The minimum absolute atomic E-state index is 0.453. The molecule has 2 heterocycles. The molecule has 0 spiro atoms. The molecule has 0 amide bonds. The topological polar surface area (TPSA) is 67.1 Å². The Bertz CT molecular complexity index is 389. The lowest BCUT2D eigenvalue weighted by Crippen LogP contribution is -2.38. The minimum Gasteiger partial charge on any atom is -0.354 e. The van der Waals surface area contributed by atoms with E-state index in [4.69, 9.17) is 5.84 Å². The highest BCUT2D eigenvalue weighted by Gasteiger charge is 2.22. The van der Waals surface area contributed by atoms with E-state index in [0.29, 0.717) is 11.2 Å². The van der Waals surface area contributed by atoms with Gasteiger partial charge in [0.05, 0.1) is 4.47 Å². The molecule has 0 aliphatic carbocycles. The van der Waals surface area contributed by atoms with E-state index in [1.807, 2.05) is 11.8 Å². The Balaban J connectivity index is 2.20. The lowest BCUT2D eigenvalue weighted by molar-refractivity contribution is 0.717. The second kappa shape index (κ2) is 5.88. The Kier molecular flexibility index (Phi) is 4.47. The molecule has 0 bridgehead atoms. The molecule has 1 aliphatic heterocycles. The maximum atomic E-state index is 5.34. The summed E-state index contributed by atoms with van der Waals surface area (Å²) in [6, 6.07) is 0. The van der Waals surface area contributed by atoms with Crippen molar-refractivity contribution in [3.63, 3.8) is 0 Å². The van der Waals surface area contributed by atoms with Gasteiger partial charge in [-0.15, -0.1) is 0 Å². The largest absolute Gasteiger partial charge is 0.354 e. The minimum atomic E-state index is 0.453. The molecule has 1 atom stereocenters. The van der Waals surface area contributed by atoms with Crippen LogP contribution in [0.4, 0.5) is 11.8 Å².